The number of hydrogen-bond acceptors (Lipinski definition) is 5. The third-order valence-electron chi connectivity index (χ3n) is 1.96. The van der Waals surface area contributed by atoms with Crippen LogP contribution in [0.4, 0.5) is 0 Å². The summed E-state index contributed by atoms with van der Waals surface area (Å²) in [7, 11) is -3.29. The van der Waals surface area contributed by atoms with Crippen molar-refractivity contribution in [2.45, 2.75) is 25.5 Å². The van der Waals surface area contributed by atoms with Gasteiger partial charge in [-0.1, -0.05) is 13.8 Å². The highest BCUT2D eigenvalue weighted by Gasteiger charge is 2.15. The fourth-order valence-corrected chi connectivity index (χ4v) is 1.99. The van der Waals surface area contributed by atoms with E-state index < -0.39 is 27.0 Å². The first kappa shape index (κ1) is 12.7. The predicted octanol–water partition coefficient (Wildman–Crippen LogP) is 0.144. The lowest BCUT2D eigenvalue weighted by Crippen LogP contribution is -2.19. The van der Waals surface area contributed by atoms with E-state index in [1.54, 1.807) is 13.8 Å². The molecule has 0 aliphatic rings. The molecule has 1 rings (SSSR count). The van der Waals surface area contributed by atoms with Gasteiger partial charge in [0.05, 0.1) is 5.56 Å². The summed E-state index contributed by atoms with van der Waals surface area (Å²) in [6.45, 7) is 3.48. The molecule has 0 saturated carbocycles. The van der Waals surface area contributed by atoms with E-state index in [-0.39, 0.29) is 17.3 Å². The van der Waals surface area contributed by atoms with Gasteiger partial charge in [0.1, 0.15) is 11.6 Å². The van der Waals surface area contributed by atoms with Gasteiger partial charge in [0.15, 0.2) is 9.84 Å². The van der Waals surface area contributed by atoms with Crippen LogP contribution in [0.2, 0.25) is 0 Å². The predicted molar refractivity (Wildman–Crippen MR) is 59.2 cm³/mol. The van der Waals surface area contributed by atoms with Crippen molar-refractivity contribution >= 4 is 9.84 Å². The molecule has 2 N–H and O–H groups in total. The van der Waals surface area contributed by atoms with Crippen LogP contribution in [0.1, 0.15) is 31.2 Å². The monoisotopic (exact) mass is 246 g/mol. The number of sulfone groups is 1. The lowest BCUT2D eigenvalue weighted by atomic mass is 10.1. The summed E-state index contributed by atoms with van der Waals surface area (Å²) in [5.41, 5.74) is -0.335. The molecule has 7 heteroatoms. The molecule has 0 aliphatic carbocycles. The largest absolute Gasteiger partial charge is 0.493 e. The lowest BCUT2D eigenvalue weighted by Gasteiger charge is -2.07. The average molecular weight is 246 g/mol. The van der Waals surface area contributed by atoms with E-state index in [1.807, 2.05) is 0 Å². The van der Waals surface area contributed by atoms with E-state index in [2.05, 4.69) is 9.97 Å². The van der Waals surface area contributed by atoms with E-state index in [1.165, 1.54) is 0 Å². The molecular weight excluding hydrogens is 232 g/mol. The highest BCUT2D eigenvalue weighted by atomic mass is 32.2. The molecule has 0 spiro atoms. The number of H-pyrrole nitrogens is 1. The Kier molecular flexibility index (Phi) is 3.37. The molecule has 16 heavy (non-hydrogen) atoms. The van der Waals surface area contributed by atoms with E-state index in [0.717, 1.165) is 6.26 Å². The topological polar surface area (TPSA) is 100 Å². The Morgan fingerprint density at radius 3 is 2.38 bits per heavy atom. The van der Waals surface area contributed by atoms with Gasteiger partial charge in [-0.2, -0.15) is 4.98 Å². The number of aromatic nitrogens is 2. The summed E-state index contributed by atoms with van der Waals surface area (Å²) in [5, 5.41) is 9.51. The second-order valence-corrected chi connectivity index (χ2v) is 6.11. The number of nitrogens with one attached hydrogen (secondary N) is 1. The highest BCUT2D eigenvalue weighted by molar-refractivity contribution is 7.89. The fraction of sp³-hybridized carbons (Fsp3) is 0.556. The van der Waals surface area contributed by atoms with Gasteiger partial charge >= 0.3 is 0 Å². The maximum Gasteiger partial charge on any atom is 0.258 e. The Bertz CT molecular complexity index is 545. The maximum atomic E-state index is 11.5. The molecule has 0 radical (unpaired) electrons. The Labute approximate surface area is 93.3 Å². The molecule has 1 aromatic heterocycles. The van der Waals surface area contributed by atoms with Crippen LogP contribution in [0.5, 0.6) is 5.88 Å². The summed E-state index contributed by atoms with van der Waals surface area (Å²) >= 11 is 0. The van der Waals surface area contributed by atoms with Crippen molar-refractivity contribution in [1.29, 1.82) is 0 Å². The molecule has 0 atom stereocenters. The van der Waals surface area contributed by atoms with E-state index in [0.29, 0.717) is 0 Å². The zero-order valence-corrected chi connectivity index (χ0v) is 10.1. The number of aromatic hydroxyl groups is 1. The lowest BCUT2D eigenvalue weighted by molar-refractivity contribution is 0.437. The summed E-state index contributed by atoms with van der Waals surface area (Å²) in [5.74, 6) is -1.02. The van der Waals surface area contributed by atoms with Gasteiger partial charge in [-0.25, -0.2) is 8.42 Å². The van der Waals surface area contributed by atoms with Crippen molar-refractivity contribution < 1.29 is 13.5 Å². The first-order valence-corrected chi connectivity index (χ1v) is 6.76. The Hall–Kier alpha value is -1.37. The summed E-state index contributed by atoms with van der Waals surface area (Å²) in [6, 6.07) is 0. The van der Waals surface area contributed by atoms with E-state index in [9.17, 15) is 18.3 Å². The summed E-state index contributed by atoms with van der Waals surface area (Å²) < 4.78 is 22.0. The van der Waals surface area contributed by atoms with Crippen LogP contribution in [-0.4, -0.2) is 29.7 Å². The molecule has 90 valence electrons. The van der Waals surface area contributed by atoms with Crippen LogP contribution in [0.15, 0.2) is 4.79 Å². The van der Waals surface area contributed by atoms with Crippen molar-refractivity contribution in [3.63, 3.8) is 0 Å². The zero-order valence-electron chi connectivity index (χ0n) is 9.31. The Morgan fingerprint density at radius 1 is 1.44 bits per heavy atom. The molecule has 0 bridgehead atoms. The maximum absolute atomic E-state index is 11.5. The molecule has 0 unspecified atom stereocenters. The first-order valence-electron chi connectivity index (χ1n) is 4.70. The molecule has 0 fully saturated rings. The van der Waals surface area contributed by atoms with E-state index >= 15 is 0 Å². The van der Waals surface area contributed by atoms with Crippen molar-refractivity contribution in [2.24, 2.45) is 0 Å². The number of rotatable bonds is 3. The van der Waals surface area contributed by atoms with Gasteiger partial charge < -0.3 is 10.1 Å². The third kappa shape index (κ3) is 3.06. The molecular formula is C9H14N2O4S. The molecule has 1 aromatic rings. The van der Waals surface area contributed by atoms with E-state index in [4.69, 9.17) is 0 Å². The average Bonchev–Trinajstić information content (AvgIpc) is 1.96. The second-order valence-electron chi connectivity index (χ2n) is 3.97. The highest BCUT2D eigenvalue weighted by Crippen LogP contribution is 2.18. The van der Waals surface area contributed by atoms with Crippen molar-refractivity contribution in [1.82, 2.24) is 9.97 Å². The van der Waals surface area contributed by atoms with Crippen LogP contribution in [0.25, 0.3) is 0 Å². The third-order valence-corrected chi connectivity index (χ3v) is 2.76. The zero-order chi connectivity index (χ0) is 12.5. The number of nitrogens with zero attached hydrogens (tertiary/aromatic N) is 1. The van der Waals surface area contributed by atoms with Crippen molar-refractivity contribution in [3.8, 4) is 5.88 Å². The number of aromatic amines is 1. The van der Waals surface area contributed by atoms with Crippen LogP contribution in [-0.2, 0) is 15.6 Å². The van der Waals surface area contributed by atoms with Crippen LogP contribution >= 0.6 is 0 Å². The normalized spacial score (nSPS) is 12.0. The van der Waals surface area contributed by atoms with Gasteiger partial charge in [0, 0.05) is 6.26 Å². The molecule has 0 saturated heterocycles. The van der Waals surface area contributed by atoms with Crippen LogP contribution < -0.4 is 5.56 Å². The minimum Gasteiger partial charge on any atom is -0.493 e. The SMILES string of the molecule is CC(C)c1c(O)nc(CS(C)(=O)=O)[nH]c1=O. The fourth-order valence-electron chi connectivity index (χ4n) is 1.35. The van der Waals surface area contributed by atoms with Gasteiger partial charge in [0.2, 0.25) is 5.88 Å². The van der Waals surface area contributed by atoms with Crippen molar-refractivity contribution in [2.75, 3.05) is 6.26 Å². The van der Waals surface area contributed by atoms with Gasteiger partial charge in [0.25, 0.3) is 5.56 Å². The van der Waals surface area contributed by atoms with Gasteiger partial charge in [-0.05, 0) is 5.92 Å². The number of hydrogen-bond donors (Lipinski definition) is 2. The second kappa shape index (κ2) is 4.25. The molecule has 0 aliphatic heterocycles. The van der Waals surface area contributed by atoms with Gasteiger partial charge in [-0.15, -0.1) is 0 Å². The molecule has 0 amide bonds. The Morgan fingerprint density at radius 2 is 2.00 bits per heavy atom. The minimum absolute atomic E-state index is 0.0469. The minimum atomic E-state index is -3.29. The smallest absolute Gasteiger partial charge is 0.258 e. The molecule has 1 heterocycles. The Balaban J connectivity index is 3.26. The van der Waals surface area contributed by atoms with Crippen LogP contribution in [0.3, 0.4) is 0 Å². The van der Waals surface area contributed by atoms with Gasteiger partial charge in [-0.3, -0.25) is 4.79 Å². The van der Waals surface area contributed by atoms with Crippen molar-refractivity contribution in [3.05, 3.63) is 21.7 Å². The summed E-state index contributed by atoms with van der Waals surface area (Å²) in [4.78, 5) is 17.5. The first-order chi connectivity index (χ1) is 7.20. The molecule has 6 nitrogen and oxygen atoms in total. The summed E-state index contributed by atoms with van der Waals surface area (Å²) in [6.07, 6.45) is 1.03. The van der Waals surface area contributed by atoms with Crippen LogP contribution in [0, 0.1) is 0 Å². The quantitative estimate of drug-likeness (QED) is 0.790. The molecule has 0 aromatic carbocycles. The standard InChI is InChI=1S/C9H14N2O4S/c1-5(2)7-8(12)10-6(11-9(7)13)4-16(3,14)15/h5H,4H2,1-3H3,(H2,10,11,12,13).